The number of hydrogen-bond donors (Lipinski definition) is 1. The number of nitrogens with two attached hydrogens (primary N) is 1. The lowest BCUT2D eigenvalue weighted by Crippen LogP contribution is -2.36. The van der Waals surface area contributed by atoms with Crippen molar-refractivity contribution < 1.29 is 0 Å². The molecule has 1 unspecified atom stereocenters. The van der Waals surface area contributed by atoms with Gasteiger partial charge >= 0.3 is 0 Å². The Morgan fingerprint density at radius 3 is 3.05 bits per heavy atom. The Labute approximate surface area is 112 Å². The Kier molecular flexibility index (Phi) is 3.06. The van der Waals surface area contributed by atoms with Crippen LogP contribution in [-0.2, 0) is 0 Å². The maximum Gasteiger partial charge on any atom is 0.103 e. The van der Waals surface area contributed by atoms with E-state index in [4.69, 9.17) is 5.73 Å². The lowest BCUT2D eigenvalue weighted by Gasteiger charge is -2.27. The van der Waals surface area contributed by atoms with E-state index in [0.717, 1.165) is 36.0 Å². The molecular formula is C15H16N4. The summed E-state index contributed by atoms with van der Waals surface area (Å²) in [7, 11) is 0. The molecule has 1 aromatic heterocycles. The van der Waals surface area contributed by atoms with Crippen molar-refractivity contribution in [3.63, 3.8) is 0 Å². The molecule has 0 bridgehead atoms. The largest absolute Gasteiger partial charge is 0.366 e. The molecule has 4 heteroatoms. The molecule has 0 aliphatic carbocycles. The Bertz CT molecular complexity index is 644. The van der Waals surface area contributed by atoms with Crippen LogP contribution in [0.15, 0.2) is 30.5 Å². The van der Waals surface area contributed by atoms with Crippen molar-refractivity contribution in [2.75, 3.05) is 18.0 Å². The van der Waals surface area contributed by atoms with Crippen LogP contribution in [0.2, 0.25) is 0 Å². The number of benzene rings is 1. The van der Waals surface area contributed by atoms with Gasteiger partial charge in [-0.25, -0.2) is 0 Å². The molecule has 2 aromatic rings. The molecule has 1 aromatic carbocycles. The lowest BCUT2D eigenvalue weighted by atomic mass is 10.1. The predicted molar refractivity (Wildman–Crippen MR) is 75.9 cm³/mol. The summed E-state index contributed by atoms with van der Waals surface area (Å²) in [5.74, 6) is 0. The van der Waals surface area contributed by atoms with Gasteiger partial charge < -0.3 is 10.6 Å². The minimum atomic E-state index is 0.331. The minimum absolute atomic E-state index is 0.331. The Hall–Kier alpha value is -2.12. The third-order valence-corrected chi connectivity index (χ3v) is 3.80. The van der Waals surface area contributed by atoms with E-state index in [9.17, 15) is 5.26 Å². The number of nitrogens with zero attached hydrogens (tertiary/aromatic N) is 3. The molecule has 4 nitrogen and oxygen atoms in total. The number of hydrogen-bond acceptors (Lipinski definition) is 4. The van der Waals surface area contributed by atoms with Crippen LogP contribution in [0.4, 0.5) is 5.69 Å². The second-order valence-electron chi connectivity index (χ2n) is 4.87. The molecule has 1 aliphatic rings. The number of nitriles is 1. The molecule has 1 saturated heterocycles. The van der Waals surface area contributed by atoms with Gasteiger partial charge in [0, 0.05) is 30.7 Å². The highest BCUT2D eigenvalue weighted by molar-refractivity contribution is 5.94. The summed E-state index contributed by atoms with van der Waals surface area (Å²) in [6.45, 7) is 1.59. The van der Waals surface area contributed by atoms with Gasteiger partial charge in [0.05, 0.1) is 16.8 Å². The van der Waals surface area contributed by atoms with Crippen LogP contribution in [0.25, 0.3) is 10.9 Å². The molecule has 0 saturated carbocycles. The molecule has 19 heavy (non-hydrogen) atoms. The fourth-order valence-electron chi connectivity index (χ4n) is 2.89. The van der Waals surface area contributed by atoms with Crippen molar-refractivity contribution >= 4 is 16.6 Å². The van der Waals surface area contributed by atoms with E-state index in [1.807, 2.05) is 24.3 Å². The van der Waals surface area contributed by atoms with Crippen LogP contribution in [0.1, 0.15) is 18.4 Å². The smallest absolute Gasteiger partial charge is 0.103 e. The second kappa shape index (κ2) is 4.87. The van der Waals surface area contributed by atoms with Gasteiger partial charge in [0.1, 0.15) is 6.07 Å². The van der Waals surface area contributed by atoms with Gasteiger partial charge in [0.25, 0.3) is 0 Å². The maximum atomic E-state index is 9.35. The Morgan fingerprint density at radius 1 is 1.42 bits per heavy atom. The number of rotatable bonds is 2. The topological polar surface area (TPSA) is 65.9 Å². The van der Waals surface area contributed by atoms with Gasteiger partial charge in [0.15, 0.2) is 0 Å². The number of pyridine rings is 1. The van der Waals surface area contributed by atoms with E-state index in [0.29, 0.717) is 18.2 Å². The number of anilines is 1. The first kappa shape index (κ1) is 11.9. The van der Waals surface area contributed by atoms with Crippen LogP contribution in [0, 0.1) is 11.3 Å². The Balaban J connectivity index is 2.23. The Morgan fingerprint density at radius 2 is 2.26 bits per heavy atom. The summed E-state index contributed by atoms with van der Waals surface area (Å²) in [6.07, 6.45) is 3.89. The van der Waals surface area contributed by atoms with Crippen molar-refractivity contribution in [2.45, 2.75) is 18.9 Å². The monoisotopic (exact) mass is 252 g/mol. The third-order valence-electron chi connectivity index (χ3n) is 3.80. The first-order valence-corrected chi connectivity index (χ1v) is 6.59. The third kappa shape index (κ3) is 1.92. The van der Waals surface area contributed by atoms with Gasteiger partial charge in [-0.05, 0) is 18.9 Å². The van der Waals surface area contributed by atoms with Gasteiger partial charge in [-0.1, -0.05) is 18.2 Å². The van der Waals surface area contributed by atoms with Crippen molar-refractivity contribution in [3.05, 3.63) is 36.0 Å². The van der Waals surface area contributed by atoms with Gasteiger partial charge in [-0.3, -0.25) is 4.98 Å². The van der Waals surface area contributed by atoms with Gasteiger partial charge in [-0.15, -0.1) is 0 Å². The van der Waals surface area contributed by atoms with Crippen molar-refractivity contribution in [1.82, 2.24) is 4.98 Å². The highest BCUT2D eigenvalue weighted by atomic mass is 15.2. The number of para-hydroxylation sites is 1. The summed E-state index contributed by atoms with van der Waals surface area (Å²) in [5, 5.41) is 10.4. The minimum Gasteiger partial charge on any atom is -0.366 e. The van der Waals surface area contributed by atoms with Crippen LogP contribution in [0.5, 0.6) is 0 Å². The first-order valence-electron chi connectivity index (χ1n) is 6.59. The average molecular weight is 252 g/mol. The molecular weight excluding hydrogens is 236 g/mol. The average Bonchev–Trinajstić information content (AvgIpc) is 2.94. The molecule has 0 spiro atoms. The summed E-state index contributed by atoms with van der Waals surface area (Å²) in [4.78, 5) is 6.63. The van der Waals surface area contributed by atoms with Crippen LogP contribution >= 0.6 is 0 Å². The molecule has 1 aliphatic heterocycles. The first-order chi connectivity index (χ1) is 9.35. The van der Waals surface area contributed by atoms with E-state index >= 15 is 0 Å². The fraction of sp³-hybridized carbons (Fsp3) is 0.333. The molecule has 1 atom stereocenters. The van der Waals surface area contributed by atoms with Gasteiger partial charge in [0.2, 0.25) is 0 Å². The summed E-state index contributed by atoms with van der Waals surface area (Å²) < 4.78 is 0. The number of aromatic nitrogens is 1. The van der Waals surface area contributed by atoms with E-state index in [-0.39, 0.29) is 0 Å². The van der Waals surface area contributed by atoms with E-state index < -0.39 is 0 Å². The number of fused-ring (bicyclic) bond motifs is 1. The summed E-state index contributed by atoms with van der Waals surface area (Å²) >= 11 is 0. The predicted octanol–water partition coefficient (Wildman–Crippen LogP) is 2.03. The zero-order valence-electron chi connectivity index (χ0n) is 10.7. The van der Waals surface area contributed by atoms with Crippen molar-refractivity contribution in [2.24, 2.45) is 5.73 Å². The van der Waals surface area contributed by atoms with Crippen LogP contribution in [0.3, 0.4) is 0 Å². The fourth-order valence-corrected chi connectivity index (χ4v) is 2.89. The van der Waals surface area contributed by atoms with E-state index in [1.165, 1.54) is 0 Å². The standard InChI is InChI=1S/C15H16N4/c16-8-11-10-18-14-6-2-1-5-13(14)15(11)19-7-3-4-12(19)9-17/h1-2,5-6,10,12H,3-4,7,9,17H2. The van der Waals surface area contributed by atoms with Crippen LogP contribution in [-0.4, -0.2) is 24.1 Å². The SMILES string of the molecule is N#Cc1cnc2ccccc2c1N1CCCC1CN. The highest BCUT2D eigenvalue weighted by Gasteiger charge is 2.26. The second-order valence-corrected chi connectivity index (χ2v) is 4.87. The molecule has 96 valence electrons. The quantitative estimate of drug-likeness (QED) is 0.888. The van der Waals surface area contributed by atoms with Gasteiger partial charge in [-0.2, -0.15) is 5.26 Å². The highest BCUT2D eigenvalue weighted by Crippen LogP contribution is 2.33. The zero-order chi connectivity index (χ0) is 13.2. The normalized spacial score (nSPS) is 18.7. The van der Waals surface area contributed by atoms with Crippen LogP contribution < -0.4 is 10.6 Å². The summed E-state index contributed by atoms with van der Waals surface area (Å²) in [5.41, 5.74) is 8.43. The molecule has 0 radical (unpaired) electrons. The van der Waals surface area contributed by atoms with Crippen molar-refractivity contribution in [3.8, 4) is 6.07 Å². The lowest BCUT2D eigenvalue weighted by molar-refractivity contribution is 0.678. The van der Waals surface area contributed by atoms with E-state index in [1.54, 1.807) is 6.20 Å². The molecule has 3 rings (SSSR count). The maximum absolute atomic E-state index is 9.35. The summed E-state index contributed by atoms with van der Waals surface area (Å²) in [6, 6.07) is 10.6. The van der Waals surface area contributed by atoms with Crippen molar-refractivity contribution in [1.29, 1.82) is 5.26 Å². The molecule has 1 fully saturated rings. The molecule has 2 N–H and O–H groups in total. The molecule has 0 amide bonds. The zero-order valence-corrected chi connectivity index (χ0v) is 10.7. The van der Waals surface area contributed by atoms with E-state index in [2.05, 4.69) is 16.0 Å². The molecule has 2 heterocycles.